The van der Waals surface area contributed by atoms with E-state index in [1.54, 1.807) is 54.5 Å². The van der Waals surface area contributed by atoms with Gasteiger partial charge in [0.25, 0.3) is 11.8 Å². The molecule has 0 N–H and O–H groups in total. The van der Waals surface area contributed by atoms with E-state index in [4.69, 9.17) is 4.74 Å². The molecule has 0 atom stereocenters. The number of methoxy groups -OCH3 is 1. The normalized spacial score (nSPS) is 17.7. The maximum Gasteiger partial charge on any atom is 0.261 e. The van der Waals surface area contributed by atoms with Crippen molar-refractivity contribution < 1.29 is 14.3 Å². The molecule has 3 aromatic rings. The second-order valence-corrected chi connectivity index (χ2v) is 9.39. The Bertz CT molecular complexity index is 1260. The van der Waals surface area contributed by atoms with Crippen LogP contribution in [-0.4, -0.2) is 56.7 Å². The highest BCUT2D eigenvalue weighted by Gasteiger charge is 2.46. The lowest BCUT2D eigenvalue weighted by molar-refractivity contribution is 0.0712. The Hall–Kier alpha value is -3.75. The lowest BCUT2D eigenvalue weighted by Crippen LogP contribution is -2.40. The van der Waals surface area contributed by atoms with E-state index in [9.17, 15) is 9.59 Å². The SMILES string of the molecule is COc1ccc2c(n1)C(C)(C)N(c1cncc(C3CCN(C(=O)c4cnn(C)c4)CC3)c1)C2=O. The Balaban J connectivity index is 1.34. The van der Waals surface area contributed by atoms with Gasteiger partial charge in [-0.3, -0.25) is 24.2 Å². The van der Waals surface area contributed by atoms with Crippen LogP contribution in [0.3, 0.4) is 0 Å². The van der Waals surface area contributed by atoms with Gasteiger partial charge in [-0.1, -0.05) is 0 Å². The number of pyridine rings is 2. The number of fused-ring (bicyclic) bond motifs is 1. The molecule has 0 radical (unpaired) electrons. The number of aromatic nitrogens is 4. The number of aryl methyl sites for hydroxylation is 1. The van der Waals surface area contributed by atoms with Crippen molar-refractivity contribution in [3.8, 4) is 5.88 Å². The average Bonchev–Trinajstić information content (AvgIpc) is 3.37. The molecule has 0 saturated carbocycles. The van der Waals surface area contributed by atoms with Crippen LogP contribution in [0, 0.1) is 0 Å². The molecule has 0 bridgehead atoms. The molecule has 0 spiro atoms. The van der Waals surface area contributed by atoms with Gasteiger partial charge in [-0.25, -0.2) is 4.98 Å². The first-order chi connectivity index (χ1) is 16.3. The van der Waals surface area contributed by atoms with E-state index >= 15 is 0 Å². The van der Waals surface area contributed by atoms with Crippen LogP contribution in [-0.2, 0) is 12.6 Å². The Morgan fingerprint density at radius 2 is 1.91 bits per heavy atom. The summed E-state index contributed by atoms with van der Waals surface area (Å²) in [5.74, 6) is 0.683. The summed E-state index contributed by atoms with van der Waals surface area (Å²) in [5, 5.41) is 4.10. The fourth-order valence-corrected chi connectivity index (χ4v) is 5.03. The third-order valence-electron chi connectivity index (χ3n) is 6.86. The lowest BCUT2D eigenvalue weighted by Gasteiger charge is -2.34. The third kappa shape index (κ3) is 3.61. The molecule has 0 aliphatic carbocycles. The molecule has 2 aliphatic rings. The molecule has 9 heteroatoms. The predicted molar refractivity (Wildman–Crippen MR) is 126 cm³/mol. The van der Waals surface area contributed by atoms with Crippen LogP contribution >= 0.6 is 0 Å². The molecule has 3 aromatic heterocycles. The summed E-state index contributed by atoms with van der Waals surface area (Å²) < 4.78 is 6.92. The molecule has 2 amide bonds. The quantitative estimate of drug-likeness (QED) is 0.594. The summed E-state index contributed by atoms with van der Waals surface area (Å²) in [6, 6.07) is 5.54. The van der Waals surface area contributed by atoms with E-state index in [0.29, 0.717) is 35.8 Å². The first-order valence-corrected chi connectivity index (χ1v) is 11.4. The predicted octanol–water partition coefficient (Wildman–Crippen LogP) is 3.13. The van der Waals surface area contributed by atoms with Crippen molar-refractivity contribution in [3.05, 3.63) is 65.4 Å². The summed E-state index contributed by atoms with van der Waals surface area (Å²) in [7, 11) is 3.37. The average molecular weight is 461 g/mol. The number of rotatable bonds is 4. The van der Waals surface area contributed by atoms with Crippen molar-refractivity contribution in [2.24, 2.45) is 7.05 Å². The Morgan fingerprint density at radius 1 is 1.15 bits per heavy atom. The second-order valence-electron chi connectivity index (χ2n) is 9.39. The highest BCUT2D eigenvalue weighted by Crippen LogP contribution is 2.42. The van der Waals surface area contributed by atoms with Gasteiger partial charge < -0.3 is 9.64 Å². The molecule has 9 nitrogen and oxygen atoms in total. The molecular formula is C25H28N6O3. The summed E-state index contributed by atoms with van der Waals surface area (Å²) in [5.41, 5.74) is 3.09. The van der Waals surface area contributed by atoms with Gasteiger partial charge in [-0.15, -0.1) is 0 Å². The number of piperidine rings is 1. The van der Waals surface area contributed by atoms with Gasteiger partial charge in [-0.2, -0.15) is 5.10 Å². The summed E-state index contributed by atoms with van der Waals surface area (Å²) >= 11 is 0. The molecular weight excluding hydrogens is 432 g/mol. The fourth-order valence-electron chi connectivity index (χ4n) is 5.03. The van der Waals surface area contributed by atoms with Gasteiger partial charge in [0.05, 0.1) is 47.6 Å². The van der Waals surface area contributed by atoms with Crippen molar-refractivity contribution in [1.29, 1.82) is 0 Å². The highest BCUT2D eigenvalue weighted by atomic mass is 16.5. The molecule has 176 valence electrons. The minimum absolute atomic E-state index is 0.0172. The summed E-state index contributed by atoms with van der Waals surface area (Å²) in [4.78, 5) is 38.8. The maximum atomic E-state index is 13.3. The third-order valence-corrected chi connectivity index (χ3v) is 6.86. The van der Waals surface area contributed by atoms with E-state index in [0.717, 1.165) is 24.1 Å². The molecule has 2 aliphatic heterocycles. The van der Waals surface area contributed by atoms with E-state index in [-0.39, 0.29) is 17.7 Å². The van der Waals surface area contributed by atoms with Crippen molar-refractivity contribution in [2.75, 3.05) is 25.1 Å². The highest BCUT2D eigenvalue weighted by molar-refractivity contribution is 6.11. The van der Waals surface area contributed by atoms with Gasteiger partial charge >= 0.3 is 0 Å². The zero-order chi connectivity index (χ0) is 24.0. The van der Waals surface area contributed by atoms with Crippen LogP contribution < -0.4 is 9.64 Å². The van der Waals surface area contributed by atoms with E-state index in [2.05, 4.69) is 21.1 Å². The topological polar surface area (TPSA) is 93.4 Å². The molecule has 34 heavy (non-hydrogen) atoms. The van der Waals surface area contributed by atoms with Gasteiger partial charge in [0.2, 0.25) is 5.88 Å². The Morgan fingerprint density at radius 3 is 2.59 bits per heavy atom. The Labute approximate surface area is 198 Å². The zero-order valence-electron chi connectivity index (χ0n) is 19.9. The van der Waals surface area contributed by atoms with Crippen LogP contribution in [0.2, 0.25) is 0 Å². The second kappa shape index (κ2) is 8.23. The number of amides is 2. The molecule has 0 unspecified atom stereocenters. The number of nitrogens with zero attached hydrogens (tertiary/aromatic N) is 6. The van der Waals surface area contributed by atoms with E-state index in [1.807, 2.05) is 24.9 Å². The van der Waals surface area contributed by atoms with Crippen LogP contribution in [0.1, 0.15) is 64.6 Å². The molecule has 0 aromatic carbocycles. The first-order valence-electron chi connectivity index (χ1n) is 11.4. The lowest BCUT2D eigenvalue weighted by atomic mass is 9.90. The van der Waals surface area contributed by atoms with Crippen LogP contribution in [0.4, 0.5) is 5.69 Å². The molecule has 5 rings (SSSR count). The van der Waals surface area contributed by atoms with E-state index < -0.39 is 5.54 Å². The number of hydrogen-bond donors (Lipinski definition) is 0. The van der Waals surface area contributed by atoms with Crippen molar-refractivity contribution >= 4 is 17.5 Å². The Kier molecular flexibility index (Phi) is 5.34. The number of ether oxygens (including phenoxy) is 1. The minimum atomic E-state index is -0.638. The molecule has 5 heterocycles. The van der Waals surface area contributed by atoms with Gasteiger partial charge in [0.15, 0.2) is 0 Å². The summed E-state index contributed by atoms with van der Waals surface area (Å²) in [6.45, 7) is 5.31. The van der Waals surface area contributed by atoms with Gasteiger partial charge in [0.1, 0.15) is 0 Å². The van der Waals surface area contributed by atoms with Gasteiger partial charge in [0, 0.05) is 38.6 Å². The fraction of sp³-hybridized carbons (Fsp3) is 0.400. The molecule has 1 fully saturated rings. The number of carbonyl (C=O) groups excluding carboxylic acids is 2. The van der Waals surface area contributed by atoms with Crippen LogP contribution in [0.15, 0.2) is 43.0 Å². The standard InChI is InChI=1S/C25H28N6O3/c1-25(2)22-20(5-6-21(28-22)34-4)24(33)31(25)19-11-17(12-26-14-19)16-7-9-30(10-8-16)23(32)18-13-27-29(3)15-18/h5-6,11-16H,7-10H2,1-4H3. The van der Waals surface area contributed by atoms with Crippen molar-refractivity contribution in [3.63, 3.8) is 0 Å². The first kappa shape index (κ1) is 22.1. The number of hydrogen-bond acceptors (Lipinski definition) is 6. The molecule has 1 saturated heterocycles. The monoisotopic (exact) mass is 460 g/mol. The summed E-state index contributed by atoms with van der Waals surface area (Å²) in [6.07, 6.45) is 8.64. The van der Waals surface area contributed by atoms with Crippen molar-refractivity contribution in [2.45, 2.75) is 38.1 Å². The minimum Gasteiger partial charge on any atom is -0.481 e. The number of carbonyl (C=O) groups is 2. The van der Waals surface area contributed by atoms with Gasteiger partial charge in [-0.05, 0) is 50.3 Å². The number of anilines is 1. The zero-order valence-corrected chi connectivity index (χ0v) is 19.9. The number of likely N-dealkylation sites (tertiary alicyclic amines) is 1. The maximum absolute atomic E-state index is 13.3. The largest absolute Gasteiger partial charge is 0.481 e. The van der Waals surface area contributed by atoms with Crippen LogP contribution in [0.5, 0.6) is 5.88 Å². The van der Waals surface area contributed by atoms with Crippen molar-refractivity contribution in [1.82, 2.24) is 24.6 Å². The van der Waals surface area contributed by atoms with Crippen LogP contribution in [0.25, 0.3) is 0 Å². The smallest absolute Gasteiger partial charge is 0.261 e. The van der Waals surface area contributed by atoms with E-state index in [1.165, 1.54) is 0 Å².